The van der Waals surface area contributed by atoms with Crippen molar-refractivity contribution in [1.82, 2.24) is 10.2 Å². The molecule has 4 rings (SSSR count). The summed E-state index contributed by atoms with van der Waals surface area (Å²) in [5.74, 6) is 3.50. The average Bonchev–Trinajstić information content (AvgIpc) is 3.30. The Morgan fingerprint density at radius 2 is 1.77 bits per heavy atom. The summed E-state index contributed by atoms with van der Waals surface area (Å²) in [6.07, 6.45) is 3.50. The number of ether oxygens (including phenoxy) is 2. The van der Waals surface area contributed by atoms with E-state index in [0.717, 1.165) is 63.0 Å². The normalized spacial score (nSPS) is 20.1. The van der Waals surface area contributed by atoms with Gasteiger partial charge in [-0.1, -0.05) is 24.3 Å². The Kier molecular flexibility index (Phi) is 7.18. The molecule has 2 aromatic rings. The van der Waals surface area contributed by atoms with Crippen molar-refractivity contribution in [2.45, 2.75) is 25.4 Å². The van der Waals surface area contributed by atoms with Crippen LogP contribution < -0.4 is 19.7 Å². The van der Waals surface area contributed by atoms with E-state index < -0.39 is 0 Å². The van der Waals surface area contributed by atoms with E-state index in [-0.39, 0.29) is 6.10 Å². The van der Waals surface area contributed by atoms with Gasteiger partial charge >= 0.3 is 0 Å². The molecule has 6 nitrogen and oxygen atoms in total. The molecule has 1 N–H and O–H groups in total. The molecule has 31 heavy (non-hydrogen) atoms. The van der Waals surface area contributed by atoms with Gasteiger partial charge in [0.2, 0.25) is 0 Å². The largest absolute Gasteiger partial charge is 0.497 e. The maximum Gasteiger partial charge on any atom is 0.193 e. The molecule has 0 radical (unpaired) electrons. The van der Waals surface area contributed by atoms with Crippen LogP contribution in [0, 0.1) is 5.92 Å². The minimum Gasteiger partial charge on any atom is -0.497 e. The predicted octanol–water partition coefficient (Wildman–Crippen LogP) is 3.64. The third-order valence-corrected chi connectivity index (χ3v) is 6.25. The molecule has 0 aliphatic carbocycles. The summed E-state index contributed by atoms with van der Waals surface area (Å²) in [6, 6.07) is 18.5. The Hall–Kier alpha value is -2.89. The van der Waals surface area contributed by atoms with Gasteiger partial charge in [0.15, 0.2) is 5.96 Å². The lowest BCUT2D eigenvalue weighted by Gasteiger charge is -2.34. The average molecular weight is 423 g/mol. The van der Waals surface area contributed by atoms with E-state index in [1.165, 1.54) is 12.1 Å². The number of benzene rings is 2. The first-order valence-electron chi connectivity index (χ1n) is 11.3. The van der Waals surface area contributed by atoms with Crippen LogP contribution in [0.4, 0.5) is 5.69 Å². The van der Waals surface area contributed by atoms with Crippen molar-refractivity contribution in [3.8, 4) is 11.5 Å². The zero-order chi connectivity index (χ0) is 21.5. The molecular formula is C25H34N4O2. The second-order valence-corrected chi connectivity index (χ2v) is 8.35. The third kappa shape index (κ3) is 5.63. The topological polar surface area (TPSA) is 49.3 Å². The first-order valence-corrected chi connectivity index (χ1v) is 11.3. The highest BCUT2D eigenvalue weighted by Crippen LogP contribution is 2.26. The van der Waals surface area contributed by atoms with Crippen molar-refractivity contribution >= 4 is 11.6 Å². The molecule has 2 heterocycles. The highest BCUT2D eigenvalue weighted by atomic mass is 16.5. The lowest BCUT2D eigenvalue weighted by Crippen LogP contribution is -2.48. The van der Waals surface area contributed by atoms with E-state index in [1.54, 1.807) is 7.11 Å². The molecule has 0 saturated carbocycles. The molecule has 0 aromatic heterocycles. The predicted molar refractivity (Wildman–Crippen MR) is 126 cm³/mol. The van der Waals surface area contributed by atoms with Crippen molar-refractivity contribution in [2.75, 3.05) is 51.8 Å². The summed E-state index contributed by atoms with van der Waals surface area (Å²) >= 11 is 0. The molecule has 0 bridgehead atoms. The number of likely N-dealkylation sites (tertiary alicyclic amines) is 1. The molecule has 2 aromatic carbocycles. The Labute approximate surface area is 185 Å². The smallest absolute Gasteiger partial charge is 0.193 e. The van der Waals surface area contributed by atoms with Crippen LogP contribution in [-0.4, -0.2) is 63.8 Å². The van der Waals surface area contributed by atoms with Crippen LogP contribution in [0.5, 0.6) is 11.5 Å². The van der Waals surface area contributed by atoms with E-state index in [4.69, 9.17) is 9.47 Å². The van der Waals surface area contributed by atoms with E-state index in [2.05, 4.69) is 38.3 Å². The number of hydrogen-bond acceptors (Lipinski definition) is 4. The van der Waals surface area contributed by atoms with E-state index in [1.807, 2.05) is 43.4 Å². The molecule has 2 saturated heterocycles. The summed E-state index contributed by atoms with van der Waals surface area (Å²) in [7, 11) is 3.60. The number of aliphatic imine (C=N–C) groups is 1. The van der Waals surface area contributed by atoms with Crippen LogP contribution >= 0.6 is 0 Å². The summed E-state index contributed by atoms with van der Waals surface area (Å²) in [4.78, 5) is 9.35. The standard InChI is InChI=1S/C25H34N4O2/c1-26-25(28-15-12-23(13-16-28)31-22-8-4-3-5-9-22)27-18-20-11-14-29(19-20)21-7-6-10-24(17-21)30-2/h3-10,17,20,23H,11-16,18-19H2,1-2H3,(H,26,27). The van der Waals surface area contributed by atoms with Gasteiger partial charge < -0.3 is 24.6 Å². The van der Waals surface area contributed by atoms with Gasteiger partial charge in [0.25, 0.3) is 0 Å². The quantitative estimate of drug-likeness (QED) is 0.569. The molecule has 2 aliphatic rings. The Morgan fingerprint density at radius 3 is 2.52 bits per heavy atom. The molecule has 0 amide bonds. The summed E-state index contributed by atoms with van der Waals surface area (Å²) in [5.41, 5.74) is 1.24. The molecular weight excluding hydrogens is 388 g/mol. The maximum atomic E-state index is 6.13. The Morgan fingerprint density at radius 1 is 1.00 bits per heavy atom. The van der Waals surface area contributed by atoms with Gasteiger partial charge in [0.1, 0.15) is 17.6 Å². The van der Waals surface area contributed by atoms with Crippen molar-refractivity contribution < 1.29 is 9.47 Å². The second-order valence-electron chi connectivity index (χ2n) is 8.35. The van der Waals surface area contributed by atoms with Crippen LogP contribution in [-0.2, 0) is 0 Å². The van der Waals surface area contributed by atoms with Gasteiger partial charge in [-0.15, -0.1) is 0 Å². The van der Waals surface area contributed by atoms with Crippen LogP contribution in [0.2, 0.25) is 0 Å². The number of nitrogens with one attached hydrogen (secondary N) is 1. The van der Waals surface area contributed by atoms with Crippen molar-refractivity contribution in [1.29, 1.82) is 0 Å². The minimum atomic E-state index is 0.281. The molecule has 6 heteroatoms. The van der Waals surface area contributed by atoms with Gasteiger partial charge in [0.05, 0.1) is 7.11 Å². The Balaban J connectivity index is 1.22. The molecule has 1 unspecified atom stereocenters. The van der Waals surface area contributed by atoms with Crippen molar-refractivity contribution in [3.05, 3.63) is 54.6 Å². The van der Waals surface area contributed by atoms with Gasteiger partial charge in [0, 0.05) is 64.4 Å². The fourth-order valence-corrected chi connectivity index (χ4v) is 4.49. The number of anilines is 1. The number of nitrogens with zero attached hydrogens (tertiary/aromatic N) is 3. The second kappa shape index (κ2) is 10.4. The maximum absolute atomic E-state index is 6.13. The van der Waals surface area contributed by atoms with Crippen molar-refractivity contribution in [3.63, 3.8) is 0 Å². The fourth-order valence-electron chi connectivity index (χ4n) is 4.49. The van der Waals surface area contributed by atoms with Gasteiger partial charge in [-0.2, -0.15) is 0 Å². The van der Waals surface area contributed by atoms with Gasteiger partial charge in [-0.3, -0.25) is 4.99 Å². The third-order valence-electron chi connectivity index (χ3n) is 6.25. The van der Waals surface area contributed by atoms with E-state index in [9.17, 15) is 0 Å². The van der Waals surface area contributed by atoms with Crippen molar-refractivity contribution in [2.24, 2.45) is 10.9 Å². The fraction of sp³-hybridized carbons (Fsp3) is 0.480. The first kappa shape index (κ1) is 21.3. The lowest BCUT2D eigenvalue weighted by molar-refractivity contribution is 0.129. The monoisotopic (exact) mass is 422 g/mol. The molecule has 166 valence electrons. The highest BCUT2D eigenvalue weighted by Gasteiger charge is 2.26. The van der Waals surface area contributed by atoms with Crippen LogP contribution in [0.1, 0.15) is 19.3 Å². The van der Waals surface area contributed by atoms with Crippen LogP contribution in [0.15, 0.2) is 59.6 Å². The van der Waals surface area contributed by atoms with Gasteiger partial charge in [-0.25, -0.2) is 0 Å². The van der Waals surface area contributed by atoms with Crippen LogP contribution in [0.25, 0.3) is 0 Å². The number of para-hydroxylation sites is 1. The number of rotatable bonds is 6. The lowest BCUT2D eigenvalue weighted by atomic mass is 10.1. The first-order chi connectivity index (χ1) is 15.2. The zero-order valence-corrected chi connectivity index (χ0v) is 18.7. The molecule has 0 spiro atoms. The van der Waals surface area contributed by atoms with E-state index in [0.29, 0.717) is 5.92 Å². The number of piperidine rings is 1. The summed E-state index contributed by atoms with van der Waals surface area (Å²) < 4.78 is 11.5. The molecule has 2 fully saturated rings. The summed E-state index contributed by atoms with van der Waals surface area (Å²) in [6.45, 7) is 5.04. The van der Waals surface area contributed by atoms with Crippen LogP contribution in [0.3, 0.4) is 0 Å². The van der Waals surface area contributed by atoms with Gasteiger partial charge in [-0.05, 0) is 36.6 Å². The number of hydrogen-bond donors (Lipinski definition) is 1. The number of methoxy groups -OCH3 is 1. The SMILES string of the molecule is CN=C(NCC1CCN(c2cccc(OC)c2)C1)N1CCC(Oc2ccccc2)CC1. The highest BCUT2D eigenvalue weighted by molar-refractivity contribution is 5.80. The molecule has 2 aliphatic heterocycles. The molecule has 1 atom stereocenters. The zero-order valence-electron chi connectivity index (χ0n) is 18.7. The summed E-state index contributed by atoms with van der Waals surface area (Å²) in [5, 5.41) is 3.62. The minimum absolute atomic E-state index is 0.281. The number of guanidine groups is 1. The van der Waals surface area contributed by atoms with E-state index >= 15 is 0 Å². The Bertz CT molecular complexity index is 850.